The van der Waals surface area contributed by atoms with Crippen molar-refractivity contribution in [2.24, 2.45) is 0 Å². The smallest absolute Gasteiger partial charge is 0.243 e. The van der Waals surface area contributed by atoms with Crippen LogP contribution in [0.5, 0.6) is 0 Å². The highest BCUT2D eigenvalue weighted by Gasteiger charge is 2.15. The van der Waals surface area contributed by atoms with E-state index in [2.05, 4.69) is 27.9 Å². The van der Waals surface area contributed by atoms with Crippen LogP contribution in [0.25, 0.3) is 11.0 Å². The van der Waals surface area contributed by atoms with Crippen molar-refractivity contribution >= 4 is 28.7 Å². The van der Waals surface area contributed by atoms with Crippen LogP contribution in [0.2, 0.25) is 0 Å². The molecule has 0 spiro atoms. The van der Waals surface area contributed by atoms with E-state index in [0.717, 1.165) is 67.0 Å². The van der Waals surface area contributed by atoms with E-state index in [-0.39, 0.29) is 5.91 Å². The summed E-state index contributed by atoms with van der Waals surface area (Å²) in [6.07, 6.45) is 7.04. The molecule has 148 valence electrons. The molecule has 1 aromatic carbocycles. The number of imidazole rings is 1. The average molecular weight is 381 g/mol. The molecular formula is C21H27N5O2. The molecule has 0 fully saturated rings. The number of benzene rings is 1. The Balaban J connectivity index is 1.62. The molecule has 0 saturated heterocycles. The number of anilines is 2. The number of carbonyl (C=O) groups excluding carboxylic acids is 1. The second kappa shape index (κ2) is 9.85. The maximum absolute atomic E-state index is 11.0. The Morgan fingerprint density at radius 3 is 2.68 bits per heavy atom. The lowest BCUT2D eigenvalue weighted by molar-refractivity contribution is -0.129. The number of rotatable bonds is 10. The molecule has 2 heterocycles. The molecule has 7 nitrogen and oxygen atoms in total. The number of nitrogens with zero attached hydrogens (tertiary/aromatic N) is 3. The number of nitrogens with one attached hydrogen (secondary N) is 2. The molecular weight excluding hydrogens is 354 g/mol. The van der Waals surface area contributed by atoms with Crippen LogP contribution < -0.4 is 10.4 Å². The Hall–Kier alpha value is -2.93. The van der Waals surface area contributed by atoms with Crippen molar-refractivity contribution in [3.63, 3.8) is 0 Å². The summed E-state index contributed by atoms with van der Waals surface area (Å²) >= 11 is 0. The van der Waals surface area contributed by atoms with E-state index < -0.39 is 0 Å². The second-order valence-corrected chi connectivity index (χ2v) is 6.92. The van der Waals surface area contributed by atoms with Crippen molar-refractivity contribution in [2.45, 2.75) is 45.4 Å². The summed E-state index contributed by atoms with van der Waals surface area (Å²) in [5.74, 6) is 1.36. The minimum atomic E-state index is -0.318. The normalized spacial score (nSPS) is 10.9. The lowest BCUT2D eigenvalue weighted by atomic mass is 10.1. The lowest BCUT2D eigenvalue weighted by Crippen LogP contribution is -2.20. The quantitative estimate of drug-likeness (QED) is 0.277. The zero-order chi connectivity index (χ0) is 19.8. The van der Waals surface area contributed by atoms with E-state index in [4.69, 9.17) is 10.2 Å². The van der Waals surface area contributed by atoms with E-state index in [1.165, 1.54) is 0 Å². The first kappa shape index (κ1) is 19.8. The topological polar surface area (TPSA) is 94.1 Å². The van der Waals surface area contributed by atoms with Crippen LogP contribution >= 0.6 is 0 Å². The SMILES string of the molecule is Cc1cccc2[nH]c(N(CCCCCCCC(=O)NO)c3ccccn3)nc12. The predicted molar refractivity (Wildman–Crippen MR) is 110 cm³/mol. The number of H-pyrrole nitrogens is 1. The first-order valence-electron chi connectivity index (χ1n) is 9.76. The molecule has 0 atom stereocenters. The summed E-state index contributed by atoms with van der Waals surface area (Å²) in [4.78, 5) is 25.9. The number of carbonyl (C=O) groups is 1. The van der Waals surface area contributed by atoms with Gasteiger partial charge in [0, 0.05) is 19.2 Å². The third-order valence-electron chi connectivity index (χ3n) is 4.79. The minimum absolute atomic E-state index is 0.318. The molecule has 3 rings (SSSR count). The van der Waals surface area contributed by atoms with Crippen LogP contribution in [0.15, 0.2) is 42.6 Å². The largest absolute Gasteiger partial charge is 0.324 e. The van der Waals surface area contributed by atoms with E-state index >= 15 is 0 Å². The van der Waals surface area contributed by atoms with Crippen molar-refractivity contribution in [3.05, 3.63) is 48.2 Å². The fraction of sp³-hybridized carbons (Fsp3) is 0.381. The van der Waals surface area contributed by atoms with E-state index in [1.54, 1.807) is 11.7 Å². The van der Waals surface area contributed by atoms with E-state index in [0.29, 0.717) is 6.42 Å². The van der Waals surface area contributed by atoms with Gasteiger partial charge in [-0.2, -0.15) is 0 Å². The Bertz CT molecular complexity index is 894. The van der Waals surface area contributed by atoms with Crippen LogP contribution in [-0.4, -0.2) is 32.6 Å². The van der Waals surface area contributed by atoms with Crippen molar-refractivity contribution in [1.29, 1.82) is 0 Å². The lowest BCUT2D eigenvalue weighted by Gasteiger charge is -2.20. The number of aromatic amines is 1. The van der Waals surface area contributed by atoms with Crippen LogP contribution in [0.4, 0.5) is 11.8 Å². The standard InChI is InChI=1S/C21H27N5O2/c1-16-10-9-11-17-20(16)24-21(23-17)26(18-12-6-7-14-22-18)15-8-4-2-3-5-13-19(27)25-28/h6-7,9-12,14,28H,2-5,8,13,15H2,1H3,(H,23,24)(H,25,27). The Morgan fingerprint density at radius 1 is 1.11 bits per heavy atom. The molecule has 28 heavy (non-hydrogen) atoms. The molecule has 3 aromatic rings. The number of unbranched alkanes of at least 4 members (excludes halogenated alkanes) is 4. The van der Waals surface area contributed by atoms with Gasteiger partial charge in [0.2, 0.25) is 11.9 Å². The fourth-order valence-electron chi connectivity index (χ4n) is 3.27. The van der Waals surface area contributed by atoms with Crippen LogP contribution in [0, 0.1) is 6.92 Å². The third-order valence-corrected chi connectivity index (χ3v) is 4.79. The number of hydroxylamine groups is 1. The van der Waals surface area contributed by atoms with E-state index in [1.807, 2.05) is 30.3 Å². The average Bonchev–Trinajstić information content (AvgIpc) is 3.15. The van der Waals surface area contributed by atoms with Gasteiger partial charge in [-0.25, -0.2) is 15.4 Å². The van der Waals surface area contributed by atoms with Gasteiger partial charge < -0.3 is 4.98 Å². The molecule has 0 aliphatic carbocycles. The number of pyridine rings is 1. The molecule has 0 radical (unpaired) electrons. The van der Waals surface area contributed by atoms with Gasteiger partial charge in [0.05, 0.1) is 11.0 Å². The fourth-order valence-corrected chi connectivity index (χ4v) is 3.27. The number of hydrogen-bond donors (Lipinski definition) is 3. The number of fused-ring (bicyclic) bond motifs is 1. The van der Waals surface area contributed by atoms with Gasteiger partial charge in [0.1, 0.15) is 5.82 Å². The maximum Gasteiger partial charge on any atom is 0.243 e. The van der Waals surface area contributed by atoms with Crippen molar-refractivity contribution in [3.8, 4) is 0 Å². The van der Waals surface area contributed by atoms with Gasteiger partial charge >= 0.3 is 0 Å². The van der Waals surface area contributed by atoms with Gasteiger partial charge in [0.25, 0.3) is 0 Å². The Kier molecular flexibility index (Phi) is 6.97. The monoisotopic (exact) mass is 381 g/mol. The highest BCUT2D eigenvalue weighted by Crippen LogP contribution is 2.25. The summed E-state index contributed by atoms with van der Waals surface area (Å²) in [6, 6.07) is 12.0. The second-order valence-electron chi connectivity index (χ2n) is 6.92. The summed E-state index contributed by atoms with van der Waals surface area (Å²) in [7, 11) is 0. The molecule has 3 N–H and O–H groups in total. The molecule has 0 saturated carbocycles. The molecule has 0 unspecified atom stereocenters. The Labute approximate surface area is 164 Å². The maximum atomic E-state index is 11.0. The number of aromatic nitrogens is 3. The molecule has 0 aliphatic rings. The zero-order valence-corrected chi connectivity index (χ0v) is 16.2. The number of hydrogen-bond acceptors (Lipinski definition) is 5. The summed E-state index contributed by atoms with van der Waals surface area (Å²) in [5, 5.41) is 8.50. The minimum Gasteiger partial charge on any atom is -0.324 e. The highest BCUT2D eigenvalue weighted by atomic mass is 16.5. The number of aryl methyl sites for hydroxylation is 1. The van der Waals surface area contributed by atoms with Gasteiger partial charge in [-0.05, 0) is 43.5 Å². The first-order valence-corrected chi connectivity index (χ1v) is 9.76. The van der Waals surface area contributed by atoms with Crippen molar-refractivity contribution in [1.82, 2.24) is 20.4 Å². The third kappa shape index (κ3) is 5.07. The molecule has 0 bridgehead atoms. The molecule has 2 aromatic heterocycles. The Morgan fingerprint density at radius 2 is 1.93 bits per heavy atom. The van der Waals surface area contributed by atoms with Gasteiger partial charge in [0.15, 0.2) is 0 Å². The number of para-hydroxylation sites is 1. The molecule has 1 amide bonds. The van der Waals surface area contributed by atoms with E-state index in [9.17, 15) is 4.79 Å². The van der Waals surface area contributed by atoms with Crippen molar-refractivity contribution < 1.29 is 10.0 Å². The number of amides is 1. The summed E-state index contributed by atoms with van der Waals surface area (Å²) in [6.45, 7) is 2.88. The first-order chi connectivity index (χ1) is 13.7. The van der Waals surface area contributed by atoms with Crippen molar-refractivity contribution in [2.75, 3.05) is 11.4 Å². The molecule has 0 aliphatic heterocycles. The van der Waals surface area contributed by atoms with Crippen LogP contribution in [-0.2, 0) is 4.79 Å². The predicted octanol–water partition coefficient (Wildman–Crippen LogP) is 4.25. The summed E-state index contributed by atoms with van der Waals surface area (Å²) in [5.41, 5.74) is 4.83. The highest BCUT2D eigenvalue weighted by molar-refractivity contribution is 5.81. The zero-order valence-electron chi connectivity index (χ0n) is 16.2. The van der Waals surface area contributed by atoms with Gasteiger partial charge in [-0.3, -0.25) is 14.9 Å². The summed E-state index contributed by atoms with van der Waals surface area (Å²) < 4.78 is 0. The van der Waals surface area contributed by atoms with Crippen LogP contribution in [0.3, 0.4) is 0 Å². The van der Waals surface area contributed by atoms with Gasteiger partial charge in [-0.1, -0.05) is 37.5 Å². The van der Waals surface area contributed by atoms with Crippen LogP contribution in [0.1, 0.15) is 44.1 Å². The van der Waals surface area contributed by atoms with Gasteiger partial charge in [-0.15, -0.1) is 0 Å². The molecule has 7 heteroatoms.